The largest absolute Gasteiger partial charge is 0.416 e. The third-order valence-corrected chi connectivity index (χ3v) is 6.48. The fourth-order valence-corrected chi connectivity index (χ4v) is 4.31. The second-order valence-corrected chi connectivity index (χ2v) is 9.33. The number of aromatic nitrogens is 6. The van der Waals surface area contributed by atoms with E-state index in [-0.39, 0.29) is 11.4 Å². The van der Waals surface area contributed by atoms with E-state index in [4.69, 9.17) is 0 Å². The van der Waals surface area contributed by atoms with Crippen LogP contribution in [0.25, 0.3) is 16.9 Å². The van der Waals surface area contributed by atoms with Gasteiger partial charge in [-0.1, -0.05) is 5.21 Å². The molecular weight excluding hydrogens is 511 g/mol. The molecule has 0 bridgehead atoms. The van der Waals surface area contributed by atoms with Crippen LogP contribution in [0.4, 0.5) is 24.5 Å². The van der Waals surface area contributed by atoms with E-state index in [9.17, 15) is 18.0 Å². The van der Waals surface area contributed by atoms with Crippen molar-refractivity contribution in [3.63, 3.8) is 0 Å². The van der Waals surface area contributed by atoms with Crippen LogP contribution in [0.15, 0.2) is 55.2 Å². The summed E-state index contributed by atoms with van der Waals surface area (Å²) >= 11 is 0. The minimum Gasteiger partial charge on any atom is -0.369 e. The summed E-state index contributed by atoms with van der Waals surface area (Å²) in [5.74, 6) is -0.792. The first-order valence-corrected chi connectivity index (χ1v) is 12.3. The van der Waals surface area contributed by atoms with E-state index in [1.165, 1.54) is 10.9 Å². The van der Waals surface area contributed by atoms with E-state index in [1.54, 1.807) is 25.4 Å². The van der Waals surface area contributed by atoms with Crippen LogP contribution in [0.5, 0.6) is 0 Å². The van der Waals surface area contributed by atoms with Gasteiger partial charge in [-0.25, -0.2) is 4.68 Å². The molecule has 1 aliphatic heterocycles. The Hall–Kier alpha value is -4.39. The average Bonchev–Trinajstić information content (AvgIpc) is 3.31. The molecule has 5 heterocycles. The van der Waals surface area contributed by atoms with Crippen LogP contribution in [0, 0.1) is 6.92 Å². The number of aryl methyl sites for hydroxylation is 1. The molecule has 0 aromatic carbocycles. The van der Waals surface area contributed by atoms with Crippen LogP contribution in [-0.2, 0) is 6.18 Å². The first-order valence-electron chi connectivity index (χ1n) is 12.3. The van der Waals surface area contributed by atoms with E-state index in [0.717, 1.165) is 56.1 Å². The maximum Gasteiger partial charge on any atom is 0.416 e. The smallest absolute Gasteiger partial charge is 0.369 e. The summed E-state index contributed by atoms with van der Waals surface area (Å²) in [5.41, 5.74) is 2.54. The van der Waals surface area contributed by atoms with Crippen LogP contribution < -0.4 is 10.2 Å². The number of rotatable bonds is 5. The Morgan fingerprint density at radius 1 is 1.03 bits per heavy atom. The predicted octanol–water partition coefficient (Wildman–Crippen LogP) is 3.84. The maximum absolute atomic E-state index is 13.0. The van der Waals surface area contributed by atoms with Gasteiger partial charge in [-0.15, -0.1) is 5.10 Å². The van der Waals surface area contributed by atoms with Crippen molar-refractivity contribution in [2.45, 2.75) is 19.5 Å². The summed E-state index contributed by atoms with van der Waals surface area (Å²) in [6.45, 7) is 5.66. The predicted molar refractivity (Wildman–Crippen MR) is 139 cm³/mol. The molecule has 0 aliphatic carbocycles. The maximum atomic E-state index is 13.0. The van der Waals surface area contributed by atoms with Crippen molar-refractivity contribution in [3.8, 4) is 16.9 Å². The van der Waals surface area contributed by atoms with Gasteiger partial charge in [0.15, 0.2) is 0 Å². The van der Waals surface area contributed by atoms with E-state index in [2.05, 4.69) is 47.4 Å². The number of carbonyl (C=O) groups excluding carboxylic acids is 1. The van der Waals surface area contributed by atoms with Crippen LogP contribution in [0.3, 0.4) is 0 Å². The van der Waals surface area contributed by atoms with Gasteiger partial charge in [0.25, 0.3) is 5.91 Å². The molecule has 0 unspecified atom stereocenters. The van der Waals surface area contributed by atoms with Gasteiger partial charge in [-0.2, -0.15) is 13.2 Å². The minimum absolute atomic E-state index is 0.270. The standard InChI is InChI=1S/C26H26F3N9O/c1-17-24(12-20(14-32-17)33-25(39)22-11-19(4-5-31-22)26(27,28)29)38-16-23(34-35-38)18-10-21(15-30-13-18)37-7-3-6-36(2)8-9-37/h4-5,10-16H,3,6-9H2,1-2H3,(H,33,39). The lowest BCUT2D eigenvalue weighted by atomic mass is 10.2. The first-order chi connectivity index (χ1) is 18.7. The van der Waals surface area contributed by atoms with Gasteiger partial charge in [0.2, 0.25) is 0 Å². The number of hydrogen-bond acceptors (Lipinski definition) is 8. The molecule has 1 N–H and O–H groups in total. The number of likely N-dealkylation sites (N-methyl/N-ethyl adjacent to an activating group) is 1. The zero-order valence-electron chi connectivity index (χ0n) is 21.4. The number of pyridine rings is 3. The van der Waals surface area contributed by atoms with Crippen LogP contribution >= 0.6 is 0 Å². The fraction of sp³-hybridized carbons (Fsp3) is 0.308. The van der Waals surface area contributed by atoms with Gasteiger partial charge in [0.05, 0.1) is 46.9 Å². The first kappa shape index (κ1) is 26.2. The number of amides is 1. The van der Waals surface area contributed by atoms with E-state index in [1.807, 2.05) is 12.3 Å². The van der Waals surface area contributed by atoms with Crippen LogP contribution in [-0.4, -0.2) is 74.0 Å². The molecule has 0 radical (unpaired) electrons. The highest BCUT2D eigenvalue weighted by Gasteiger charge is 2.31. The van der Waals surface area contributed by atoms with E-state index in [0.29, 0.717) is 23.1 Å². The summed E-state index contributed by atoms with van der Waals surface area (Å²) < 4.78 is 40.6. The molecule has 4 aromatic rings. The van der Waals surface area contributed by atoms with Gasteiger partial charge in [0, 0.05) is 37.6 Å². The quantitative estimate of drug-likeness (QED) is 0.410. The number of alkyl halides is 3. The van der Waals surface area contributed by atoms with Gasteiger partial charge in [-0.3, -0.25) is 19.7 Å². The van der Waals surface area contributed by atoms with Crippen LogP contribution in [0.1, 0.15) is 28.2 Å². The lowest BCUT2D eigenvalue weighted by molar-refractivity contribution is -0.137. The third kappa shape index (κ3) is 6.03. The zero-order valence-corrected chi connectivity index (χ0v) is 21.4. The molecule has 1 aliphatic rings. The minimum atomic E-state index is -4.58. The van der Waals surface area contributed by atoms with Gasteiger partial charge >= 0.3 is 6.18 Å². The Morgan fingerprint density at radius 3 is 2.69 bits per heavy atom. The van der Waals surface area contributed by atoms with E-state index >= 15 is 0 Å². The number of hydrogen-bond donors (Lipinski definition) is 1. The van der Waals surface area contributed by atoms with Gasteiger partial charge in [-0.05, 0) is 51.2 Å². The highest BCUT2D eigenvalue weighted by molar-refractivity contribution is 6.03. The van der Waals surface area contributed by atoms with Crippen molar-refractivity contribution >= 4 is 17.3 Å². The average molecular weight is 538 g/mol. The van der Waals surface area contributed by atoms with Crippen molar-refractivity contribution in [2.75, 3.05) is 43.4 Å². The fourth-order valence-electron chi connectivity index (χ4n) is 4.31. The molecule has 39 heavy (non-hydrogen) atoms. The summed E-state index contributed by atoms with van der Waals surface area (Å²) in [6.07, 6.45) is 4.15. The molecule has 5 rings (SSSR count). The number of nitrogens with one attached hydrogen (secondary N) is 1. The second-order valence-electron chi connectivity index (χ2n) is 9.33. The molecule has 13 heteroatoms. The number of halogens is 3. The third-order valence-electron chi connectivity index (χ3n) is 6.48. The lowest BCUT2D eigenvalue weighted by Gasteiger charge is -2.22. The molecule has 0 spiro atoms. The molecule has 202 valence electrons. The summed E-state index contributed by atoms with van der Waals surface area (Å²) in [7, 11) is 2.12. The Balaban J connectivity index is 1.35. The second kappa shape index (κ2) is 10.8. The monoisotopic (exact) mass is 537 g/mol. The highest BCUT2D eigenvalue weighted by atomic mass is 19.4. The molecular formula is C26H26F3N9O. The van der Waals surface area contributed by atoms with Crippen molar-refractivity contribution in [2.24, 2.45) is 0 Å². The van der Waals surface area contributed by atoms with Crippen molar-refractivity contribution < 1.29 is 18.0 Å². The highest BCUT2D eigenvalue weighted by Crippen LogP contribution is 2.29. The number of anilines is 2. The zero-order chi connectivity index (χ0) is 27.6. The van der Waals surface area contributed by atoms with Crippen LogP contribution in [0.2, 0.25) is 0 Å². The van der Waals surface area contributed by atoms with Crippen molar-refractivity contribution in [1.29, 1.82) is 0 Å². The molecule has 1 amide bonds. The normalized spacial score (nSPS) is 14.7. The Morgan fingerprint density at radius 2 is 1.87 bits per heavy atom. The lowest BCUT2D eigenvalue weighted by Crippen LogP contribution is -2.28. The summed E-state index contributed by atoms with van der Waals surface area (Å²) in [4.78, 5) is 29.7. The number of nitrogens with zero attached hydrogens (tertiary/aromatic N) is 8. The van der Waals surface area contributed by atoms with Gasteiger partial charge < -0.3 is 15.1 Å². The molecule has 10 nitrogen and oxygen atoms in total. The molecule has 1 fully saturated rings. The molecule has 0 atom stereocenters. The van der Waals surface area contributed by atoms with E-state index < -0.39 is 17.6 Å². The number of carbonyl (C=O) groups is 1. The summed E-state index contributed by atoms with van der Waals surface area (Å²) in [5, 5.41) is 11.1. The Bertz CT molecular complexity index is 1490. The Kier molecular flexibility index (Phi) is 7.24. The SMILES string of the molecule is Cc1ncc(NC(=O)c2cc(C(F)(F)F)ccn2)cc1-n1cc(-c2cncc(N3CCCN(C)CC3)c2)nn1. The Labute approximate surface area is 222 Å². The van der Waals surface area contributed by atoms with Crippen molar-refractivity contribution in [1.82, 2.24) is 34.8 Å². The summed E-state index contributed by atoms with van der Waals surface area (Å²) in [6, 6.07) is 5.17. The molecule has 0 saturated carbocycles. The molecule has 1 saturated heterocycles. The molecule has 4 aromatic heterocycles. The topological polar surface area (TPSA) is 105 Å². The van der Waals surface area contributed by atoms with Gasteiger partial charge in [0.1, 0.15) is 11.4 Å². The van der Waals surface area contributed by atoms with Crippen molar-refractivity contribution in [3.05, 3.63) is 72.2 Å².